The lowest BCUT2D eigenvalue weighted by molar-refractivity contribution is -0.384. The minimum Gasteiger partial charge on any atom is -0.468 e. The number of benzene rings is 1. The molecule has 15 heavy (non-hydrogen) atoms. The van der Waals surface area contributed by atoms with E-state index in [9.17, 15) is 10.1 Å². The first kappa shape index (κ1) is 11.5. The van der Waals surface area contributed by atoms with Crippen LogP contribution in [-0.4, -0.2) is 26.2 Å². The summed E-state index contributed by atoms with van der Waals surface area (Å²) in [5.74, 6) is 0.383. The second-order valence-electron chi connectivity index (χ2n) is 2.73. The summed E-state index contributed by atoms with van der Waals surface area (Å²) in [5.41, 5.74) is 0.167. The average Bonchev–Trinajstić information content (AvgIpc) is 2.20. The Kier molecular flexibility index (Phi) is 4.11. The van der Waals surface area contributed by atoms with Gasteiger partial charge in [0.1, 0.15) is 13.6 Å². The molecule has 0 saturated carbocycles. The summed E-state index contributed by atoms with van der Waals surface area (Å²) in [6, 6.07) is 4.03. The van der Waals surface area contributed by atoms with E-state index >= 15 is 0 Å². The van der Waals surface area contributed by atoms with Gasteiger partial charge in [0.15, 0.2) is 6.79 Å². The van der Waals surface area contributed by atoms with Gasteiger partial charge < -0.3 is 9.47 Å². The van der Waals surface area contributed by atoms with Crippen LogP contribution in [0.2, 0.25) is 0 Å². The monoisotopic (exact) mass is 207 g/mol. The molecule has 0 N–H and O–H groups in total. The van der Waals surface area contributed by atoms with Crippen LogP contribution in [0.25, 0.3) is 0 Å². The van der Waals surface area contributed by atoms with Crippen molar-refractivity contribution in [1.29, 1.82) is 0 Å². The van der Waals surface area contributed by atoms with Gasteiger partial charge in [0.2, 0.25) is 0 Å². The van der Waals surface area contributed by atoms with Crippen molar-refractivity contribution in [2.75, 3.05) is 13.4 Å². The fourth-order valence-corrected chi connectivity index (χ4v) is 0.969. The molecule has 5 nitrogen and oxygen atoms in total. The van der Waals surface area contributed by atoms with Gasteiger partial charge >= 0.3 is 0 Å². The van der Waals surface area contributed by atoms with Crippen molar-refractivity contribution in [3.63, 3.8) is 0 Å². The molecule has 0 aliphatic heterocycles. The van der Waals surface area contributed by atoms with Crippen molar-refractivity contribution < 1.29 is 14.4 Å². The van der Waals surface area contributed by atoms with Crippen LogP contribution in [0.4, 0.5) is 5.69 Å². The number of nitro benzene ring substituents is 1. The number of rotatable bonds is 5. The maximum absolute atomic E-state index is 10.4. The summed E-state index contributed by atoms with van der Waals surface area (Å²) in [5, 5.41) is 10.4. The predicted molar refractivity (Wildman–Crippen MR) is 55.6 cm³/mol. The Bertz CT molecular complexity index is 356. The second-order valence-corrected chi connectivity index (χ2v) is 2.73. The van der Waals surface area contributed by atoms with Gasteiger partial charge in [-0.15, -0.1) is 0 Å². The standard InChI is InChI=1S/C9H10BNO4/c1-2-14-6-15-9-4-3-7(11(12)13)5-8(9)10/h3-5H,2,6H2,1H3. The molecule has 1 aromatic rings. The van der Waals surface area contributed by atoms with E-state index in [4.69, 9.17) is 17.3 Å². The van der Waals surface area contributed by atoms with Gasteiger partial charge in [-0.05, 0) is 18.5 Å². The molecular formula is C9H10BNO4. The van der Waals surface area contributed by atoms with Gasteiger partial charge in [-0.1, -0.05) is 0 Å². The first-order valence-corrected chi connectivity index (χ1v) is 4.39. The van der Waals surface area contributed by atoms with Crippen molar-refractivity contribution in [2.45, 2.75) is 6.92 Å². The molecular weight excluding hydrogens is 197 g/mol. The molecule has 78 valence electrons. The largest absolute Gasteiger partial charge is 0.468 e. The lowest BCUT2D eigenvalue weighted by atomic mass is 9.94. The zero-order valence-corrected chi connectivity index (χ0v) is 8.30. The number of ether oxygens (including phenoxy) is 2. The van der Waals surface area contributed by atoms with Gasteiger partial charge in [0.25, 0.3) is 5.69 Å². The van der Waals surface area contributed by atoms with Crippen molar-refractivity contribution in [1.82, 2.24) is 0 Å². The molecule has 0 atom stereocenters. The van der Waals surface area contributed by atoms with Gasteiger partial charge in [0.05, 0.1) is 4.92 Å². The maximum Gasteiger partial charge on any atom is 0.269 e. The molecule has 0 spiro atoms. The van der Waals surface area contributed by atoms with Crippen LogP contribution in [-0.2, 0) is 4.74 Å². The lowest BCUT2D eigenvalue weighted by Gasteiger charge is -2.08. The minimum atomic E-state index is -0.511. The number of nitrogens with zero attached hydrogens (tertiary/aromatic N) is 1. The van der Waals surface area contributed by atoms with Crippen LogP contribution in [0, 0.1) is 10.1 Å². The van der Waals surface area contributed by atoms with E-state index in [0.29, 0.717) is 12.4 Å². The first-order valence-electron chi connectivity index (χ1n) is 4.39. The van der Waals surface area contributed by atoms with Crippen LogP contribution in [0.15, 0.2) is 18.2 Å². The Morgan fingerprint density at radius 1 is 1.53 bits per heavy atom. The van der Waals surface area contributed by atoms with E-state index in [1.165, 1.54) is 18.2 Å². The molecule has 0 unspecified atom stereocenters. The summed E-state index contributed by atoms with van der Waals surface area (Å²) in [4.78, 5) is 9.90. The zero-order valence-electron chi connectivity index (χ0n) is 8.30. The van der Waals surface area contributed by atoms with Crippen molar-refractivity contribution in [3.8, 4) is 5.75 Å². The number of nitro groups is 1. The quantitative estimate of drug-likeness (QED) is 0.235. The molecule has 1 rings (SSSR count). The third-order valence-electron chi connectivity index (χ3n) is 1.71. The second kappa shape index (κ2) is 5.36. The first-order chi connectivity index (χ1) is 7.15. The Labute approximate surface area is 88.6 Å². The normalized spacial score (nSPS) is 9.93. The number of hydrogen-bond donors (Lipinski definition) is 0. The van der Waals surface area contributed by atoms with Gasteiger partial charge in [-0.25, -0.2) is 0 Å². The molecule has 0 aliphatic carbocycles. The van der Waals surface area contributed by atoms with Crippen LogP contribution in [0.1, 0.15) is 6.92 Å². The van der Waals surface area contributed by atoms with E-state index in [-0.39, 0.29) is 17.9 Å². The molecule has 0 aromatic heterocycles. The Hall–Kier alpha value is -1.56. The SMILES string of the molecule is [B]c1cc([N+](=O)[O-])ccc1OCOCC. The minimum absolute atomic E-state index is 0.0590. The molecule has 0 saturated heterocycles. The number of non-ortho nitro benzene ring substituents is 1. The molecule has 0 amide bonds. The van der Waals surface area contributed by atoms with Gasteiger partial charge in [0, 0.05) is 18.7 Å². The zero-order chi connectivity index (χ0) is 11.3. The van der Waals surface area contributed by atoms with Crippen molar-refractivity contribution in [2.24, 2.45) is 0 Å². The Balaban J connectivity index is 2.70. The predicted octanol–water partition coefficient (Wildman–Crippen LogP) is 0.761. The highest BCUT2D eigenvalue weighted by Gasteiger charge is 2.07. The summed E-state index contributed by atoms with van der Waals surface area (Å²) >= 11 is 0. The molecule has 0 heterocycles. The molecule has 0 bridgehead atoms. The van der Waals surface area contributed by atoms with Crippen LogP contribution in [0.5, 0.6) is 5.75 Å². The van der Waals surface area contributed by atoms with Crippen molar-refractivity contribution in [3.05, 3.63) is 28.3 Å². The van der Waals surface area contributed by atoms with E-state index in [1.807, 2.05) is 6.92 Å². The van der Waals surface area contributed by atoms with E-state index in [2.05, 4.69) is 0 Å². The summed E-state index contributed by atoms with van der Waals surface area (Å²) in [7, 11) is 5.56. The number of hydrogen-bond acceptors (Lipinski definition) is 4. The fraction of sp³-hybridized carbons (Fsp3) is 0.333. The highest BCUT2D eigenvalue weighted by Crippen LogP contribution is 2.14. The van der Waals surface area contributed by atoms with E-state index < -0.39 is 4.92 Å². The summed E-state index contributed by atoms with van der Waals surface area (Å²) in [6.07, 6.45) is 0. The third kappa shape index (κ3) is 3.25. The van der Waals surface area contributed by atoms with Crippen LogP contribution < -0.4 is 10.2 Å². The lowest BCUT2D eigenvalue weighted by Crippen LogP contribution is -2.12. The third-order valence-corrected chi connectivity index (χ3v) is 1.71. The van der Waals surface area contributed by atoms with Crippen LogP contribution in [0.3, 0.4) is 0 Å². The molecule has 6 heteroatoms. The molecule has 0 aliphatic rings. The summed E-state index contributed by atoms with van der Waals surface area (Å²) < 4.78 is 10.1. The topological polar surface area (TPSA) is 61.6 Å². The summed E-state index contributed by atoms with van der Waals surface area (Å²) in [6.45, 7) is 2.45. The van der Waals surface area contributed by atoms with Gasteiger partial charge in [-0.2, -0.15) is 0 Å². The molecule has 0 fully saturated rings. The van der Waals surface area contributed by atoms with Crippen molar-refractivity contribution >= 4 is 19.0 Å². The van der Waals surface area contributed by atoms with E-state index in [1.54, 1.807) is 0 Å². The van der Waals surface area contributed by atoms with Crippen LogP contribution >= 0.6 is 0 Å². The fourth-order valence-electron chi connectivity index (χ4n) is 0.969. The highest BCUT2D eigenvalue weighted by atomic mass is 16.7. The Morgan fingerprint density at radius 3 is 2.80 bits per heavy atom. The van der Waals surface area contributed by atoms with Gasteiger partial charge in [-0.3, -0.25) is 10.1 Å². The highest BCUT2D eigenvalue weighted by molar-refractivity contribution is 6.34. The average molecular weight is 207 g/mol. The maximum atomic E-state index is 10.4. The smallest absolute Gasteiger partial charge is 0.269 e. The Morgan fingerprint density at radius 2 is 2.27 bits per heavy atom. The molecule has 1 aromatic carbocycles. The van der Waals surface area contributed by atoms with E-state index in [0.717, 1.165) is 0 Å². The molecule has 2 radical (unpaired) electrons.